The molecule has 0 saturated carbocycles. The first-order valence-corrected chi connectivity index (χ1v) is 8.70. The van der Waals surface area contributed by atoms with Crippen LogP contribution in [0.25, 0.3) is 0 Å². The van der Waals surface area contributed by atoms with Crippen LogP contribution in [0.3, 0.4) is 0 Å². The molecule has 6 nitrogen and oxygen atoms in total. The highest BCUT2D eigenvalue weighted by molar-refractivity contribution is 5.90. The summed E-state index contributed by atoms with van der Waals surface area (Å²) in [6.07, 6.45) is 5.95. The number of H-pyrrole nitrogens is 1. The summed E-state index contributed by atoms with van der Waals surface area (Å²) in [4.78, 5) is 26.7. The fourth-order valence-corrected chi connectivity index (χ4v) is 3.62. The van der Waals surface area contributed by atoms with Crippen molar-refractivity contribution in [3.8, 4) is 0 Å². The van der Waals surface area contributed by atoms with E-state index in [0.29, 0.717) is 6.54 Å². The van der Waals surface area contributed by atoms with Crippen LogP contribution in [0.15, 0.2) is 49.1 Å². The smallest absolute Gasteiger partial charge is 0.322 e. The Morgan fingerprint density at radius 1 is 1.19 bits per heavy atom. The number of aryl methyl sites for hydroxylation is 2. The quantitative estimate of drug-likeness (QED) is 0.744. The van der Waals surface area contributed by atoms with Crippen LogP contribution < -0.4 is 5.32 Å². The van der Waals surface area contributed by atoms with Crippen molar-refractivity contribution in [2.24, 2.45) is 0 Å². The van der Waals surface area contributed by atoms with Crippen LogP contribution in [0.2, 0.25) is 0 Å². The third-order valence-electron chi connectivity index (χ3n) is 4.68. The van der Waals surface area contributed by atoms with Crippen molar-refractivity contribution in [2.75, 3.05) is 11.9 Å². The molecule has 2 aromatic heterocycles. The number of hydrogen-bond acceptors (Lipinski definition) is 3. The van der Waals surface area contributed by atoms with E-state index in [1.54, 1.807) is 18.7 Å². The predicted octanol–water partition coefficient (Wildman–Crippen LogP) is 3.60. The minimum absolute atomic E-state index is 0.120. The van der Waals surface area contributed by atoms with Crippen molar-refractivity contribution in [2.45, 2.75) is 26.3 Å². The summed E-state index contributed by atoms with van der Waals surface area (Å²) in [5.41, 5.74) is 6.05. The third kappa shape index (κ3) is 3.06. The van der Waals surface area contributed by atoms with E-state index in [9.17, 15) is 4.79 Å². The monoisotopic (exact) mass is 347 g/mol. The number of fused-ring (bicyclic) bond motifs is 1. The van der Waals surface area contributed by atoms with Crippen molar-refractivity contribution < 1.29 is 4.79 Å². The molecule has 0 saturated heterocycles. The molecule has 3 heterocycles. The lowest BCUT2D eigenvalue weighted by molar-refractivity contribution is 0.192. The second kappa shape index (κ2) is 6.63. The highest BCUT2D eigenvalue weighted by atomic mass is 16.2. The van der Waals surface area contributed by atoms with Gasteiger partial charge in [-0.25, -0.2) is 9.78 Å². The minimum Gasteiger partial charge on any atom is -0.348 e. The Bertz CT molecular complexity index is 914. The summed E-state index contributed by atoms with van der Waals surface area (Å²) in [7, 11) is 0. The lowest BCUT2D eigenvalue weighted by Gasteiger charge is -2.35. The maximum atomic E-state index is 13.1. The van der Waals surface area contributed by atoms with Gasteiger partial charge in [-0.1, -0.05) is 6.07 Å². The van der Waals surface area contributed by atoms with Gasteiger partial charge in [-0.05, 0) is 54.8 Å². The van der Waals surface area contributed by atoms with Crippen LogP contribution in [0.4, 0.5) is 10.5 Å². The predicted molar refractivity (Wildman–Crippen MR) is 100 cm³/mol. The molecule has 132 valence electrons. The van der Waals surface area contributed by atoms with E-state index in [0.717, 1.165) is 40.2 Å². The molecule has 2 amide bonds. The zero-order chi connectivity index (χ0) is 18.1. The Kier molecular flexibility index (Phi) is 4.16. The molecule has 3 aromatic rings. The van der Waals surface area contributed by atoms with Crippen molar-refractivity contribution >= 4 is 11.7 Å². The molecule has 0 fully saturated rings. The zero-order valence-electron chi connectivity index (χ0n) is 14.9. The summed E-state index contributed by atoms with van der Waals surface area (Å²) in [6, 6.07) is 9.58. The van der Waals surface area contributed by atoms with Crippen LogP contribution in [0, 0.1) is 13.8 Å². The largest absolute Gasteiger partial charge is 0.348 e. The van der Waals surface area contributed by atoms with Crippen LogP contribution in [0.1, 0.15) is 34.1 Å². The molecule has 1 aliphatic heterocycles. The number of pyridine rings is 1. The first-order chi connectivity index (χ1) is 12.6. The van der Waals surface area contributed by atoms with Gasteiger partial charge in [-0.2, -0.15) is 0 Å². The highest BCUT2D eigenvalue weighted by Crippen LogP contribution is 2.33. The van der Waals surface area contributed by atoms with Gasteiger partial charge >= 0.3 is 6.03 Å². The maximum Gasteiger partial charge on any atom is 0.322 e. The standard InChI is InChI=1S/C20H21N5O/c1-13-9-14(2)11-16(10-13)24-20(26)25-8-5-17-18(23-12-22-17)19(25)15-3-6-21-7-4-15/h3-4,6-7,9-12,19H,5,8H2,1-2H3,(H,22,23)(H,24,26)/t19-/m1/s1. The maximum absolute atomic E-state index is 13.1. The molecule has 0 unspecified atom stereocenters. The fraction of sp³-hybridized carbons (Fsp3) is 0.250. The molecule has 26 heavy (non-hydrogen) atoms. The number of carbonyl (C=O) groups is 1. The van der Waals surface area contributed by atoms with Gasteiger partial charge in [-0.3, -0.25) is 4.98 Å². The topological polar surface area (TPSA) is 73.9 Å². The first kappa shape index (κ1) is 16.3. The Hall–Kier alpha value is -3.15. The zero-order valence-corrected chi connectivity index (χ0v) is 14.9. The van der Waals surface area contributed by atoms with E-state index < -0.39 is 0 Å². The normalized spacial score (nSPS) is 16.2. The average molecular weight is 347 g/mol. The molecule has 0 bridgehead atoms. The van der Waals surface area contributed by atoms with Gasteiger partial charge < -0.3 is 15.2 Å². The van der Waals surface area contributed by atoms with E-state index in [-0.39, 0.29) is 12.1 Å². The number of nitrogens with zero attached hydrogens (tertiary/aromatic N) is 3. The summed E-state index contributed by atoms with van der Waals surface area (Å²) < 4.78 is 0. The Balaban J connectivity index is 1.67. The molecule has 2 N–H and O–H groups in total. The van der Waals surface area contributed by atoms with E-state index in [2.05, 4.69) is 26.3 Å². The minimum atomic E-state index is -0.223. The molecule has 1 atom stereocenters. The van der Waals surface area contributed by atoms with Gasteiger partial charge in [0.15, 0.2) is 0 Å². The second-order valence-electron chi connectivity index (χ2n) is 6.70. The van der Waals surface area contributed by atoms with Crippen LogP contribution in [0.5, 0.6) is 0 Å². The van der Waals surface area contributed by atoms with E-state index in [1.165, 1.54) is 0 Å². The van der Waals surface area contributed by atoms with Crippen LogP contribution >= 0.6 is 0 Å². The van der Waals surface area contributed by atoms with Gasteiger partial charge in [0.25, 0.3) is 0 Å². The molecule has 0 spiro atoms. The summed E-state index contributed by atoms with van der Waals surface area (Å²) in [5, 5.41) is 3.05. The van der Waals surface area contributed by atoms with Crippen molar-refractivity contribution in [1.82, 2.24) is 19.9 Å². The fourth-order valence-electron chi connectivity index (χ4n) is 3.62. The number of imidazole rings is 1. The molecular formula is C20H21N5O. The molecule has 1 aliphatic rings. The van der Waals surface area contributed by atoms with Gasteiger partial charge in [0.2, 0.25) is 0 Å². The third-order valence-corrected chi connectivity index (χ3v) is 4.68. The number of carbonyl (C=O) groups excluding carboxylic acids is 1. The van der Waals surface area contributed by atoms with Crippen LogP contribution in [-0.2, 0) is 6.42 Å². The number of benzene rings is 1. The lowest BCUT2D eigenvalue weighted by atomic mass is 9.97. The number of nitrogens with one attached hydrogen (secondary N) is 2. The Morgan fingerprint density at radius 3 is 2.65 bits per heavy atom. The number of rotatable bonds is 2. The Labute approximate surface area is 152 Å². The molecular weight excluding hydrogens is 326 g/mol. The molecule has 6 heteroatoms. The summed E-state index contributed by atoms with van der Waals surface area (Å²) in [5.74, 6) is 0. The highest BCUT2D eigenvalue weighted by Gasteiger charge is 2.34. The molecule has 1 aromatic carbocycles. The van der Waals surface area contributed by atoms with Gasteiger partial charge in [0.05, 0.1) is 12.0 Å². The second-order valence-corrected chi connectivity index (χ2v) is 6.70. The van der Waals surface area contributed by atoms with Gasteiger partial charge in [0.1, 0.15) is 6.04 Å². The Morgan fingerprint density at radius 2 is 1.92 bits per heavy atom. The van der Waals surface area contributed by atoms with Gasteiger partial charge in [-0.15, -0.1) is 0 Å². The first-order valence-electron chi connectivity index (χ1n) is 8.70. The van der Waals surface area contributed by atoms with Crippen molar-refractivity contribution in [1.29, 1.82) is 0 Å². The summed E-state index contributed by atoms with van der Waals surface area (Å²) >= 11 is 0. The SMILES string of the molecule is Cc1cc(C)cc(NC(=O)N2CCc3[nH]cnc3[C@H]2c2ccncc2)c1. The van der Waals surface area contributed by atoms with Crippen LogP contribution in [-0.4, -0.2) is 32.4 Å². The average Bonchev–Trinajstić information content (AvgIpc) is 3.09. The molecule has 4 rings (SSSR count). The van der Waals surface area contributed by atoms with Gasteiger partial charge in [0, 0.05) is 36.7 Å². The van der Waals surface area contributed by atoms with E-state index in [1.807, 2.05) is 43.0 Å². The van der Waals surface area contributed by atoms with E-state index in [4.69, 9.17) is 0 Å². The number of amides is 2. The van der Waals surface area contributed by atoms with Crippen molar-refractivity contribution in [3.05, 3.63) is 77.1 Å². The molecule has 0 radical (unpaired) electrons. The number of aromatic nitrogens is 3. The van der Waals surface area contributed by atoms with E-state index >= 15 is 0 Å². The summed E-state index contributed by atoms with van der Waals surface area (Å²) in [6.45, 7) is 4.68. The molecule has 0 aliphatic carbocycles. The number of hydrogen-bond donors (Lipinski definition) is 2. The number of aromatic amines is 1. The van der Waals surface area contributed by atoms with Crippen molar-refractivity contribution in [3.63, 3.8) is 0 Å². The number of urea groups is 1. The number of anilines is 1. The lowest BCUT2D eigenvalue weighted by Crippen LogP contribution is -2.43.